The van der Waals surface area contributed by atoms with Crippen LogP contribution in [0.1, 0.15) is 64.2 Å². The Kier molecular flexibility index (Phi) is 11.3. The summed E-state index contributed by atoms with van der Waals surface area (Å²) in [6.45, 7) is 7.86. The molecular weight excluding hydrogens is 451 g/mol. The minimum absolute atomic E-state index is 0. The Morgan fingerprint density at radius 3 is 2.37 bits per heavy atom. The number of nitrogens with one attached hydrogen (secondary N) is 1. The van der Waals surface area contributed by atoms with E-state index in [1.54, 1.807) is 0 Å². The van der Waals surface area contributed by atoms with Gasteiger partial charge in [-0.25, -0.2) is 0 Å². The maximum Gasteiger partial charge on any atom is 0.193 e. The molecule has 6 heteroatoms. The zero-order valence-corrected chi connectivity index (χ0v) is 19.7. The summed E-state index contributed by atoms with van der Waals surface area (Å²) in [5, 5.41) is 3.53. The normalized spacial score (nSPS) is 25.9. The Morgan fingerprint density at radius 2 is 1.67 bits per heavy atom. The summed E-state index contributed by atoms with van der Waals surface area (Å²) in [6.07, 6.45) is 13.9. The molecule has 1 saturated carbocycles. The molecule has 2 aliphatic heterocycles. The summed E-state index contributed by atoms with van der Waals surface area (Å²) in [5.74, 6) is 1.87. The van der Waals surface area contributed by atoms with E-state index in [4.69, 9.17) is 4.74 Å². The highest BCUT2D eigenvalue weighted by molar-refractivity contribution is 14.0. The molecule has 5 nitrogen and oxygen atoms in total. The Hall–Kier alpha value is -0.0800. The lowest BCUT2D eigenvalue weighted by Gasteiger charge is -2.29. The van der Waals surface area contributed by atoms with Crippen LogP contribution in [0.15, 0.2) is 4.99 Å². The summed E-state index contributed by atoms with van der Waals surface area (Å²) >= 11 is 0. The molecular formula is C21H41IN4O. The molecule has 0 radical (unpaired) electrons. The number of aliphatic imine (C=N–C) groups is 1. The van der Waals surface area contributed by atoms with Crippen molar-refractivity contribution in [1.29, 1.82) is 0 Å². The van der Waals surface area contributed by atoms with Gasteiger partial charge in [-0.05, 0) is 51.1 Å². The number of piperidine rings is 1. The van der Waals surface area contributed by atoms with Gasteiger partial charge in [0.15, 0.2) is 5.96 Å². The number of halogens is 1. The molecule has 1 unspecified atom stereocenters. The van der Waals surface area contributed by atoms with Crippen molar-refractivity contribution in [2.75, 3.05) is 52.9 Å². The molecule has 2 saturated heterocycles. The van der Waals surface area contributed by atoms with E-state index < -0.39 is 0 Å². The van der Waals surface area contributed by atoms with Gasteiger partial charge < -0.3 is 19.9 Å². The summed E-state index contributed by atoms with van der Waals surface area (Å²) in [7, 11) is 1.91. The van der Waals surface area contributed by atoms with Gasteiger partial charge in [0, 0.05) is 33.2 Å². The number of guanidine groups is 1. The zero-order chi connectivity index (χ0) is 18.0. The SMILES string of the molecule is CN=C(NCCOC1CCCCCC1)N1CCC(CN2CCCCC2)C1.I. The number of likely N-dealkylation sites (tertiary alicyclic amines) is 2. The van der Waals surface area contributed by atoms with Crippen LogP contribution in [0.2, 0.25) is 0 Å². The smallest absolute Gasteiger partial charge is 0.193 e. The molecule has 3 aliphatic rings. The van der Waals surface area contributed by atoms with Crippen LogP contribution >= 0.6 is 24.0 Å². The van der Waals surface area contributed by atoms with Crippen LogP contribution < -0.4 is 5.32 Å². The fraction of sp³-hybridized carbons (Fsp3) is 0.952. The fourth-order valence-electron chi connectivity index (χ4n) is 4.81. The van der Waals surface area contributed by atoms with E-state index >= 15 is 0 Å². The van der Waals surface area contributed by atoms with Gasteiger partial charge in [0.2, 0.25) is 0 Å². The van der Waals surface area contributed by atoms with Gasteiger partial charge in [0.1, 0.15) is 0 Å². The van der Waals surface area contributed by atoms with Crippen molar-refractivity contribution in [3.05, 3.63) is 0 Å². The highest BCUT2D eigenvalue weighted by Crippen LogP contribution is 2.21. The molecule has 27 heavy (non-hydrogen) atoms. The van der Waals surface area contributed by atoms with Gasteiger partial charge in [-0.15, -0.1) is 24.0 Å². The van der Waals surface area contributed by atoms with Crippen molar-refractivity contribution in [3.8, 4) is 0 Å². The minimum atomic E-state index is 0. The van der Waals surface area contributed by atoms with Crippen LogP contribution in [0, 0.1) is 5.92 Å². The number of nitrogens with zero attached hydrogens (tertiary/aromatic N) is 3. The third kappa shape index (κ3) is 8.05. The van der Waals surface area contributed by atoms with Crippen LogP contribution in [0.5, 0.6) is 0 Å². The minimum Gasteiger partial charge on any atom is -0.376 e. The molecule has 0 aromatic heterocycles. The number of hydrogen-bond acceptors (Lipinski definition) is 3. The third-order valence-corrected chi connectivity index (χ3v) is 6.30. The summed E-state index contributed by atoms with van der Waals surface area (Å²) in [5.41, 5.74) is 0. The molecule has 0 spiro atoms. The van der Waals surface area contributed by atoms with Crippen LogP contribution in [0.25, 0.3) is 0 Å². The van der Waals surface area contributed by atoms with Gasteiger partial charge in [0.05, 0.1) is 12.7 Å². The Bertz CT molecular complexity index is 420. The molecule has 1 aliphatic carbocycles. The zero-order valence-electron chi connectivity index (χ0n) is 17.3. The van der Waals surface area contributed by atoms with E-state index in [9.17, 15) is 0 Å². The number of rotatable bonds is 6. The highest BCUT2D eigenvalue weighted by atomic mass is 127. The maximum atomic E-state index is 6.10. The predicted octanol–water partition coefficient (Wildman–Crippen LogP) is 3.73. The van der Waals surface area contributed by atoms with Gasteiger partial charge in [-0.2, -0.15) is 0 Å². The van der Waals surface area contributed by atoms with Crippen molar-refractivity contribution in [2.24, 2.45) is 10.9 Å². The quantitative estimate of drug-likeness (QED) is 0.202. The average Bonchev–Trinajstić information content (AvgIpc) is 2.97. The maximum absolute atomic E-state index is 6.10. The molecule has 1 atom stereocenters. The largest absolute Gasteiger partial charge is 0.376 e. The predicted molar refractivity (Wildman–Crippen MR) is 124 cm³/mol. The number of hydrogen-bond donors (Lipinski definition) is 1. The lowest BCUT2D eigenvalue weighted by atomic mass is 10.1. The second-order valence-corrected chi connectivity index (χ2v) is 8.42. The fourth-order valence-corrected chi connectivity index (χ4v) is 4.81. The Balaban J connectivity index is 0.00000261. The first-order chi connectivity index (χ1) is 12.8. The van der Waals surface area contributed by atoms with Gasteiger partial charge >= 0.3 is 0 Å². The topological polar surface area (TPSA) is 40.1 Å². The number of ether oxygens (including phenoxy) is 1. The molecule has 0 aromatic carbocycles. The standard InChI is InChI=1S/C21H40N4O.HI/c1-22-21(23-12-16-26-20-9-5-2-3-6-10-20)25-15-11-19(18-25)17-24-13-7-4-8-14-24;/h19-20H,2-18H2,1H3,(H,22,23);1H. The molecule has 1 N–H and O–H groups in total. The highest BCUT2D eigenvalue weighted by Gasteiger charge is 2.26. The second-order valence-electron chi connectivity index (χ2n) is 8.42. The molecule has 0 aromatic rings. The first-order valence-corrected chi connectivity index (χ1v) is 11.1. The van der Waals surface area contributed by atoms with Crippen molar-refractivity contribution in [2.45, 2.75) is 70.3 Å². The van der Waals surface area contributed by atoms with Gasteiger partial charge in [-0.1, -0.05) is 32.1 Å². The van der Waals surface area contributed by atoms with Crippen molar-refractivity contribution >= 4 is 29.9 Å². The lowest BCUT2D eigenvalue weighted by Crippen LogP contribution is -2.42. The van der Waals surface area contributed by atoms with Crippen LogP contribution in [-0.2, 0) is 4.74 Å². The van der Waals surface area contributed by atoms with Crippen molar-refractivity contribution < 1.29 is 4.74 Å². The molecule has 0 amide bonds. The Labute approximate surface area is 183 Å². The van der Waals surface area contributed by atoms with E-state index in [1.165, 1.54) is 83.8 Å². The van der Waals surface area contributed by atoms with Crippen LogP contribution in [-0.4, -0.2) is 74.8 Å². The van der Waals surface area contributed by atoms with E-state index in [0.29, 0.717) is 6.10 Å². The van der Waals surface area contributed by atoms with E-state index in [1.807, 2.05) is 7.05 Å². The summed E-state index contributed by atoms with van der Waals surface area (Å²) in [4.78, 5) is 9.63. The molecule has 3 fully saturated rings. The summed E-state index contributed by atoms with van der Waals surface area (Å²) in [6, 6.07) is 0. The lowest BCUT2D eigenvalue weighted by molar-refractivity contribution is 0.0466. The van der Waals surface area contributed by atoms with Crippen LogP contribution in [0.4, 0.5) is 0 Å². The first kappa shape index (κ1) is 23.2. The van der Waals surface area contributed by atoms with Crippen LogP contribution in [0.3, 0.4) is 0 Å². The Morgan fingerprint density at radius 1 is 0.963 bits per heavy atom. The molecule has 3 rings (SSSR count). The summed E-state index contributed by atoms with van der Waals surface area (Å²) < 4.78 is 6.10. The van der Waals surface area contributed by atoms with Crippen molar-refractivity contribution in [3.63, 3.8) is 0 Å². The molecule has 158 valence electrons. The van der Waals surface area contributed by atoms with E-state index in [2.05, 4.69) is 20.1 Å². The van der Waals surface area contributed by atoms with Gasteiger partial charge in [0.25, 0.3) is 0 Å². The van der Waals surface area contributed by atoms with E-state index in [-0.39, 0.29) is 24.0 Å². The molecule has 0 bridgehead atoms. The van der Waals surface area contributed by atoms with Gasteiger partial charge in [-0.3, -0.25) is 4.99 Å². The second kappa shape index (κ2) is 13.2. The van der Waals surface area contributed by atoms with Crippen molar-refractivity contribution in [1.82, 2.24) is 15.1 Å². The molecule has 2 heterocycles. The monoisotopic (exact) mass is 492 g/mol. The first-order valence-electron chi connectivity index (χ1n) is 11.1. The third-order valence-electron chi connectivity index (χ3n) is 6.30. The van der Waals surface area contributed by atoms with E-state index in [0.717, 1.165) is 38.1 Å². The average molecular weight is 492 g/mol.